The van der Waals surface area contributed by atoms with Crippen molar-refractivity contribution in [3.05, 3.63) is 57.7 Å². The molecule has 120 valence electrons. The molecule has 2 amide bonds. The van der Waals surface area contributed by atoms with Gasteiger partial charge in [0.1, 0.15) is 11.7 Å². The number of carbonyl (C=O) groups is 2. The van der Waals surface area contributed by atoms with E-state index in [2.05, 4.69) is 43.2 Å². The van der Waals surface area contributed by atoms with Gasteiger partial charge in [-0.2, -0.15) is 0 Å². The van der Waals surface area contributed by atoms with Crippen LogP contribution in [0.25, 0.3) is 0 Å². The van der Waals surface area contributed by atoms with E-state index in [1.54, 1.807) is 0 Å². The Hall–Kier alpha value is -2.07. The van der Waals surface area contributed by atoms with E-state index in [0.29, 0.717) is 6.54 Å². The summed E-state index contributed by atoms with van der Waals surface area (Å²) in [5.41, 5.74) is 1.01. The van der Waals surface area contributed by atoms with Crippen LogP contribution in [0.15, 0.2) is 42.9 Å². The van der Waals surface area contributed by atoms with Gasteiger partial charge >= 0.3 is 0 Å². The second-order valence-electron chi connectivity index (χ2n) is 4.65. The predicted octanol–water partition coefficient (Wildman–Crippen LogP) is 0.488. The maximum Gasteiger partial charge on any atom is 0.272 e. The summed E-state index contributed by atoms with van der Waals surface area (Å²) in [6, 6.07) is 6.61. The molecule has 0 bridgehead atoms. The van der Waals surface area contributed by atoms with Crippen LogP contribution < -0.4 is 10.6 Å². The van der Waals surface area contributed by atoms with Crippen LogP contribution in [0, 0.1) is 3.57 Å². The molecular formula is C15H15IN4O3. The van der Waals surface area contributed by atoms with Crippen molar-refractivity contribution in [1.82, 2.24) is 20.6 Å². The zero-order valence-corrected chi connectivity index (χ0v) is 14.2. The third-order valence-electron chi connectivity index (χ3n) is 2.96. The van der Waals surface area contributed by atoms with Crippen LogP contribution >= 0.6 is 22.6 Å². The number of carbonyl (C=O) groups excluding carboxylic acids is 2. The van der Waals surface area contributed by atoms with E-state index in [1.807, 2.05) is 24.3 Å². The highest BCUT2D eigenvalue weighted by Crippen LogP contribution is 2.07. The molecule has 0 radical (unpaired) electrons. The molecule has 1 aromatic carbocycles. The molecular weight excluding hydrogens is 411 g/mol. The number of amides is 2. The van der Waals surface area contributed by atoms with Gasteiger partial charge in [0.15, 0.2) is 0 Å². The summed E-state index contributed by atoms with van der Waals surface area (Å²) in [6.45, 7) is -0.197. The van der Waals surface area contributed by atoms with Gasteiger partial charge in [-0.1, -0.05) is 12.1 Å². The average Bonchev–Trinajstić information content (AvgIpc) is 2.58. The predicted molar refractivity (Wildman–Crippen MR) is 91.4 cm³/mol. The van der Waals surface area contributed by atoms with Gasteiger partial charge in [0, 0.05) is 22.5 Å². The molecule has 7 nitrogen and oxygen atoms in total. The topological polar surface area (TPSA) is 104 Å². The van der Waals surface area contributed by atoms with Gasteiger partial charge in [-0.05, 0) is 40.3 Å². The van der Waals surface area contributed by atoms with Crippen LogP contribution in [0.1, 0.15) is 16.1 Å². The highest BCUT2D eigenvalue weighted by molar-refractivity contribution is 14.1. The number of nitrogens with zero attached hydrogens (tertiary/aromatic N) is 2. The van der Waals surface area contributed by atoms with Gasteiger partial charge in [0.05, 0.1) is 12.8 Å². The van der Waals surface area contributed by atoms with Crippen molar-refractivity contribution in [2.45, 2.75) is 12.6 Å². The first-order valence-electron chi connectivity index (χ1n) is 6.80. The molecule has 2 rings (SSSR count). The molecule has 0 spiro atoms. The van der Waals surface area contributed by atoms with Gasteiger partial charge in [0.25, 0.3) is 5.91 Å². The third-order valence-corrected chi connectivity index (χ3v) is 3.63. The Morgan fingerprint density at radius 3 is 2.78 bits per heavy atom. The normalized spacial score (nSPS) is 11.6. The van der Waals surface area contributed by atoms with Crippen molar-refractivity contribution in [3.8, 4) is 0 Å². The number of aliphatic hydroxyl groups excluding tert-OH is 1. The molecule has 1 atom stereocenters. The largest absolute Gasteiger partial charge is 0.394 e. The first-order valence-corrected chi connectivity index (χ1v) is 7.88. The second kappa shape index (κ2) is 8.53. The summed E-state index contributed by atoms with van der Waals surface area (Å²) < 4.78 is 1.06. The lowest BCUT2D eigenvalue weighted by Gasteiger charge is -2.16. The molecule has 1 heterocycles. The second-order valence-corrected chi connectivity index (χ2v) is 5.89. The maximum absolute atomic E-state index is 12.1. The minimum atomic E-state index is -1.05. The van der Waals surface area contributed by atoms with Crippen LogP contribution in [0.4, 0.5) is 0 Å². The number of hydrogen-bond donors (Lipinski definition) is 3. The summed E-state index contributed by atoms with van der Waals surface area (Å²) in [4.78, 5) is 31.6. The number of rotatable bonds is 6. The van der Waals surface area contributed by atoms with E-state index in [1.165, 1.54) is 18.6 Å². The molecule has 0 aliphatic carbocycles. The Morgan fingerprint density at radius 2 is 2.13 bits per heavy atom. The number of aromatic nitrogens is 2. The number of nitrogens with one attached hydrogen (secondary N) is 2. The van der Waals surface area contributed by atoms with Crippen molar-refractivity contribution < 1.29 is 14.7 Å². The van der Waals surface area contributed by atoms with Crippen molar-refractivity contribution in [1.29, 1.82) is 0 Å². The molecule has 0 aliphatic heterocycles. The van der Waals surface area contributed by atoms with E-state index in [9.17, 15) is 14.7 Å². The average molecular weight is 426 g/mol. The molecule has 3 N–H and O–H groups in total. The lowest BCUT2D eigenvalue weighted by molar-refractivity contribution is -0.124. The lowest BCUT2D eigenvalue weighted by atomic mass is 10.2. The molecule has 0 saturated carbocycles. The van der Waals surface area contributed by atoms with E-state index >= 15 is 0 Å². The monoisotopic (exact) mass is 426 g/mol. The van der Waals surface area contributed by atoms with Crippen molar-refractivity contribution in [2.75, 3.05) is 6.61 Å². The Labute approximate surface area is 146 Å². The quantitative estimate of drug-likeness (QED) is 0.584. The summed E-state index contributed by atoms with van der Waals surface area (Å²) in [5.74, 6) is -1.04. The van der Waals surface area contributed by atoms with Crippen LogP contribution in [-0.4, -0.2) is 39.5 Å². The van der Waals surface area contributed by atoms with Crippen molar-refractivity contribution in [2.24, 2.45) is 0 Å². The van der Waals surface area contributed by atoms with Gasteiger partial charge in [-0.3, -0.25) is 14.6 Å². The fourth-order valence-electron chi connectivity index (χ4n) is 1.80. The summed E-state index contributed by atoms with van der Waals surface area (Å²) in [7, 11) is 0. The van der Waals surface area contributed by atoms with Gasteiger partial charge in [-0.25, -0.2) is 4.98 Å². The van der Waals surface area contributed by atoms with Crippen molar-refractivity contribution >= 4 is 34.4 Å². The van der Waals surface area contributed by atoms with Gasteiger partial charge < -0.3 is 15.7 Å². The first-order chi connectivity index (χ1) is 11.1. The molecule has 2 aromatic rings. The van der Waals surface area contributed by atoms with Crippen LogP contribution in [0.5, 0.6) is 0 Å². The molecule has 8 heteroatoms. The molecule has 1 aromatic heterocycles. The SMILES string of the molecule is O=C(N[C@@H](CO)C(=O)NCc1cccc(I)c1)c1cnccn1. The number of hydrogen-bond acceptors (Lipinski definition) is 5. The van der Waals surface area contributed by atoms with Crippen LogP contribution in [-0.2, 0) is 11.3 Å². The maximum atomic E-state index is 12.1. The zero-order valence-electron chi connectivity index (χ0n) is 12.1. The van der Waals surface area contributed by atoms with Gasteiger partial charge in [0.2, 0.25) is 5.91 Å². The van der Waals surface area contributed by atoms with E-state index in [-0.39, 0.29) is 5.69 Å². The van der Waals surface area contributed by atoms with Crippen molar-refractivity contribution in [3.63, 3.8) is 0 Å². The van der Waals surface area contributed by atoms with Crippen LogP contribution in [0.2, 0.25) is 0 Å². The van der Waals surface area contributed by atoms with E-state index in [0.717, 1.165) is 9.13 Å². The lowest BCUT2D eigenvalue weighted by Crippen LogP contribution is -2.48. The fraction of sp³-hybridized carbons (Fsp3) is 0.200. The summed E-state index contributed by atoms with van der Waals surface area (Å²) in [5, 5.41) is 14.4. The first kappa shape index (κ1) is 17.3. The van der Waals surface area contributed by atoms with Crippen LogP contribution in [0.3, 0.4) is 0 Å². The number of halogens is 1. The smallest absolute Gasteiger partial charge is 0.272 e. The number of aliphatic hydroxyl groups is 1. The highest BCUT2D eigenvalue weighted by Gasteiger charge is 2.21. The Balaban J connectivity index is 1.92. The summed E-state index contributed by atoms with van der Waals surface area (Å²) in [6.07, 6.45) is 4.10. The Bertz CT molecular complexity index is 681. The fourth-order valence-corrected chi connectivity index (χ4v) is 2.41. The minimum Gasteiger partial charge on any atom is -0.394 e. The number of benzene rings is 1. The molecule has 23 heavy (non-hydrogen) atoms. The highest BCUT2D eigenvalue weighted by atomic mass is 127. The van der Waals surface area contributed by atoms with E-state index < -0.39 is 24.5 Å². The van der Waals surface area contributed by atoms with E-state index in [4.69, 9.17) is 0 Å². The molecule has 0 saturated heterocycles. The third kappa shape index (κ3) is 5.25. The Morgan fingerprint density at radius 1 is 1.30 bits per heavy atom. The Kier molecular flexibility index (Phi) is 6.41. The zero-order chi connectivity index (χ0) is 16.7. The van der Waals surface area contributed by atoms with Gasteiger partial charge in [-0.15, -0.1) is 0 Å². The molecule has 0 aliphatic rings. The minimum absolute atomic E-state index is 0.0800. The summed E-state index contributed by atoms with van der Waals surface area (Å²) >= 11 is 2.18. The molecule has 0 unspecified atom stereocenters. The molecule has 0 fully saturated rings. The standard InChI is InChI=1S/C15H15IN4O3/c16-11-3-1-2-10(6-11)7-19-14(22)13(9-21)20-15(23)12-8-17-4-5-18-12/h1-6,8,13,21H,7,9H2,(H,19,22)(H,20,23)/t13-/m0/s1.